The lowest BCUT2D eigenvalue weighted by atomic mass is 9.81. The number of hydrogen-bond acceptors (Lipinski definition) is 6. The monoisotopic (exact) mass is 670 g/mol. The zero-order valence-electron chi connectivity index (χ0n) is 27.0. The summed E-state index contributed by atoms with van der Waals surface area (Å²) in [5, 5.41) is 3.18. The SMILES string of the molecule is CCN1C(=O)N(Cc2ccc(S(C)(=O)=O)cc2)C(=O)C12CC1CCC(C2)N1CC[C@H](NC(=O)C1CCC(F)(F)CC1)c1ccccc1. The van der Waals surface area contributed by atoms with Crippen LogP contribution >= 0.6 is 0 Å². The number of carbonyl (C=O) groups is 3. The van der Waals surface area contributed by atoms with Gasteiger partial charge in [0.05, 0.1) is 17.5 Å². The van der Waals surface area contributed by atoms with Crippen molar-refractivity contribution in [3.63, 3.8) is 0 Å². The summed E-state index contributed by atoms with van der Waals surface area (Å²) in [5.74, 6) is -3.48. The normalized spacial score (nSPS) is 27.1. The van der Waals surface area contributed by atoms with Gasteiger partial charge in [0.2, 0.25) is 11.8 Å². The van der Waals surface area contributed by atoms with Gasteiger partial charge in [-0.15, -0.1) is 0 Å². The molecule has 4 amide bonds. The van der Waals surface area contributed by atoms with Gasteiger partial charge in [-0.1, -0.05) is 42.5 Å². The number of fused-ring (bicyclic) bond motifs is 2. The van der Waals surface area contributed by atoms with Crippen molar-refractivity contribution in [1.82, 2.24) is 20.0 Å². The van der Waals surface area contributed by atoms with Crippen LogP contribution in [0.2, 0.25) is 0 Å². The van der Waals surface area contributed by atoms with E-state index in [0.29, 0.717) is 37.9 Å². The molecule has 2 bridgehead atoms. The van der Waals surface area contributed by atoms with E-state index in [1.54, 1.807) is 17.0 Å². The molecule has 1 saturated carbocycles. The molecule has 4 fully saturated rings. The molecule has 12 heteroatoms. The highest BCUT2D eigenvalue weighted by molar-refractivity contribution is 7.90. The van der Waals surface area contributed by atoms with Crippen LogP contribution in [0.1, 0.15) is 81.9 Å². The van der Waals surface area contributed by atoms with Crippen LogP contribution < -0.4 is 5.32 Å². The molecule has 0 aromatic heterocycles. The van der Waals surface area contributed by atoms with Crippen molar-refractivity contribution in [3.05, 3.63) is 65.7 Å². The maximum atomic E-state index is 14.1. The molecular formula is C35H44F2N4O5S. The van der Waals surface area contributed by atoms with E-state index in [0.717, 1.165) is 24.7 Å². The second kappa shape index (κ2) is 12.9. The van der Waals surface area contributed by atoms with E-state index in [1.165, 1.54) is 17.0 Å². The first-order chi connectivity index (χ1) is 22.3. The highest BCUT2D eigenvalue weighted by Crippen LogP contribution is 2.48. The highest BCUT2D eigenvalue weighted by atomic mass is 32.2. The predicted molar refractivity (Wildman–Crippen MR) is 172 cm³/mol. The van der Waals surface area contributed by atoms with E-state index in [1.807, 2.05) is 37.3 Å². The van der Waals surface area contributed by atoms with Crippen molar-refractivity contribution >= 4 is 27.7 Å². The average Bonchev–Trinajstić information content (AvgIpc) is 3.39. The predicted octanol–water partition coefficient (Wildman–Crippen LogP) is 5.31. The third-order valence-electron chi connectivity index (χ3n) is 10.8. The summed E-state index contributed by atoms with van der Waals surface area (Å²) in [6, 6.07) is 15.6. The van der Waals surface area contributed by atoms with E-state index in [9.17, 15) is 31.6 Å². The molecule has 9 nitrogen and oxygen atoms in total. The van der Waals surface area contributed by atoms with Crippen molar-refractivity contribution in [2.75, 3.05) is 19.3 Å². The number of rotatable bonds is 10. The summed E-state index contributed by atoms with van der Waals surface area (Å²) in [4.78, 5) is 46.7. The lowest BCUT2D eigenvalue weighted by molar-refractivity contribution is -0.137. The molecule has 2 aromatic rings. The standard InChI is InChI=1S/C35H44F2N4O5S/c1-3-41-33(44)40(23-24-9-13-29(14-10-24)47(2,45)46)32(43)34(41)21-27-11-12-28(22-34)39(27)20-17-30(25-7-5-4-6-8-25)38-31(42)26-15-18-35(36,37)19-16-26/h4-10,13-14,26-28,30H,3,11-12,15-23H2,1-2H3,(H,38,42)/t27?,28?,30-,34?/m0/s1. The summed E-state index contributed by atoms with van der Waals surface area (Å²) in [5.41, 5.74) is 0.733. The van der Waals surface area contributed by atoms with Crippen molar-refractivity contribution in [3.8, 4) is 0 Å². The van der Waals surface area contributed by atoms with Gasteiger partial charge in [0, 0.05) is 50.2 Å². The van der Waals surface area contributed by atoms with Gasteiger partial charge in [-0.25, -0.2) is 22.0 Å². The number of alkyl halides is 2. The second-order valence-electron chi connectivity index (χ2n) is 13.8. The Bertz CT molecular complexity index is 1580. The van der Waals surface area contributed by atoms with E-state index in [2.05, 4.69) is 10.2 Å². The molecule has 3 saturated heterocycles. The number of likely N-dealkylation sites (N-methyl/N-ethyl adjacent to an activating group) is 1. The Balaban J connectivity index is 1.14. The molecule has 0 radical (unpaired) electrons. The molecule has 4 aliphatic rings. The zero-order chi connectivity index (χ0) is 33.6. The lowest BCUT2D eigenvalue weighted by Gasteiger charge is -2.47. The van der Waals surface area contributed by atoms with Crippen molar-refractivity contribution in [1.29, 1.82) is 0 Å². The van der Waals surface area contributed by atoms with Gasteiger partial charge in [-0.3, -0.25) is 19.4 Å². The summed E-state index contributed by atoms with van der Waals surface area (Å²) >= 11 is 0. The minimum absolute atomic E-state index is 0.0795. The van der Waals surface area contributed by atoms with Gasteiger partial charge in [0.25, 0.3) is 5.91 Å². The van der Waals surface area contributed by atoms with E-state index in [4.69, 9.17) is 0 Å². The van der Waals surface area contributed by atoms with Crippen LogP contribution in [0, 0.1) is 5.92 Å². The number of benzene rings is 2. The number of hydrogen-bond donors (Lipinski definition) is 1. The number of amides is 4. The van der Waals surface area contributed by atoms with Crippen molar-refractivity contribution < 1.29 is 31.6 Å². The molecule has 3 aliphatic heterocycles. The van der Waals surface area contributed by atoms with E-state index < -0.39 is 27.2 Å². The number of nitrogens with zero attached hydrogens (tertiary/aromatic N) is 3. The molecule has 1 spiro atoms. The van der Waals surface area contributed by atoms with Crippen LogP contribution in [0.25, 0.3) is 0 Å². The molecule has 1 N–H and O–H groups in total. The lowest BCUT2D eigenvalue weighted by Crippen LogP contribution is -2.60. The van der Waals surface area contributed by atoms with E-state index >= 15 is 0 Å². The Labute approximate surface area is 275 Å². The molecule has 254 valence electrons. The number of nitrogens with one attached hydrogen (secondary N) is 1. The Morgan fingerprint density at radius 3 is 2.15 bits per heavy atom. The minimum atomic E-state index is -3.36. The molecule has 3 atom stereocenters. The largest absolute Gasteiger partial charge is 0.349 e. The third-order valence-corrected chi connectivity index (χ3v) is 12.0. The van der Waals surface area contributed by atoms with Gasteiger partial charge in [0.1, 0.15) is 5.54 Å². The van der Waals surface area contributed by atoms with Crippen LogP contribution in [0.3, 0.4) is 0 Å². The Morgan fingerprint density at radius 2 is 1.57 bits per heavy atom. The van der Waals surface area contributed by atoms with Crippen molar-refractivity contribution in [2.24, 2.45) is 5.92 Å². The number of sulfone groups is 1. The smallest absolute Gasteiger partial charge is 0.327 e. The van der Waals surface area contributed by atoms with E-state index in [-0.39, 0.29) is 73.1 Å². The maximum Gasteiger partial charge on any atom is 0.327 e. The number of carbonyl (C=O) groups excluding carboxylic acids is 3. The van der Waals surface area contributed by atoms with Crippen LogP contribution in [0.4, 0.5) is 13.6 Å². The van der Waals surface area contributed by atoms with Gasteiger partial charge in [-0.05, 0) is 75.1 Å². The molecule has 1 aliphatic carbocycles. The molecule has 2 aromatic carbocycles. The number of piperidine rings is 1. The molecule has 3 heterocycles. The average molecular weight is 671 g/mol. The molecule has 47 heavy (non-hydrogen) atoms. The van der Waals surface area contributed by atoms with Crippen LogP contribution in [0.15, 0.2) is 59.5 Å². The molecule has 2 unspecified atom stereocenters. The highest BCUT2D eigenvalue weighted by Gasteiger charge is 2.62. The topological polar surface area (TPSA) is 107 Å². The second-order valence-corrected chi connectivity index (χ2v) is 15.8. The number of urea groups is 1. The molecular weight excluding hydrogens is 626 g/mol. The fraction of sp³-hybridized carbons (Fsp3) is 0.571. The summed E-state index contributed by atoms with van der Waals surface area (Å²) in [6.45, 7) is 3.07. The van der Waals surface area contributed by atoms with Gasteiger partial charge < -0.3 is 10.2 Å². The fourth-order valence-corrected chi connectivity index (χ4v) is 8.97. The Morgan fingerprint density at radius 1 is 0.957 bits per heavy atom. The quantitative estimate of drug-likeness (QED) is 0.344. The summed E-state index contributed by atoms with van der Waals surface area (Å²) < 4.78 is 51.3. The first-order valence-corrected chi connectivity index (χ1v) is 18.6. The van der Waals surface area contributed by atoms with Crippen LogP contribution in [0.5, 0.6) is 0 Å². The minimum Gasteiger partial charge on any atom is -0.349 e. The van der Waals surface area contributed by atoms with Gasteiger partial charge in [-0.2, -0.15) is 0 Å². The van der Waals surface area contributed by atoms with Gasteiger partial charge in [0.15, 0.2) is 9.84 Å². The van der Waals surface area contributed by atoms with Crippen LogP contribution in [-0.4, -0.2) is 83.9 Å². The fourth-order valence-electron chi connectivity index (χ4n) is 8.34. The molecule has 6 rings (SSSR count). The maximum absolute atomic E-state index is 14.1. The Hall–Kier alpha value is -3.38. The Kier molecular flexibility index (Phi) is 9.21. The van der Waals surface area contributed by atoms with Crippen LogP contribution in [-0.2, 0) is 26.0 Å². The first-order valence-electron chi connectivity index (χ1n) is 16.7. The number of halogens is 2. The van der Waals surface area contributed by atoms with Crippen molar-refractivity contribution in [2.45, 2.75) is 106 Å². The zero-order valence-corrected chi connectivity index (χ0v) is 27.9. The first kappa shape index (κ1) is 33.5. The number of imide groups is 1. The summed E-state index contributed by atoms with van der Waals surface area (Å²) in [6.07, 6.45) is 4.51. The summed E-state index contributed by atoms with van der Waals surface area (Å²) in [7, 11) is -3.36. The van der Waals surface area contributed by atoms with Gasteiger partial charge >= 0.3 is 6.03 Å². The third kappa shape index (κ3) is 6.68.